The fraction of sp³-hybridized carbons (Fsp3) is 0.419. The number of nitrogens with two attached hydrogens (primary N) is 2. The number of nitrogens with zero attached hydrogens (tertiary/aromatic N) is 3. The number of aryl methyl sites for hydroxylation is 2. The number of quaternary nitrogens is 1. The van der Waals surface area contributed by atoms with Crippen LogP contribution in [0.5, 0.6) is 11.5 Å². The van der Waals surface area contributed by atoms with E-state index in [1.807, 2.05) is 24.3 Å². The minimum absolute atomic E-state index is 0.0247. The maximum atomic E-state index is 13.2. The van der Waals surface area contributed by atoms with Crippen molar-refractivity contribution in [1.29, 1.82) is 0 Å². The smallest absolute Gasteiger partial charge is 0.307 e. The van der Waals surface area contributed by atoms with E-state index in [0.29, 0.717) is 11.0 Å². The van der Waals surface area contributed by atoms with Gasteiger partial charge in [0.15, 0.2) is 22.5 Å². The number of esters is 1. The Hall–Kier alpha value is -4.09. The van der Waals surface area contributed by atoms with Gasteiger partial charge in [-0.3, -0.25) is 9.59 Å². The number of nitrogen functional groups attached to an aromatic ring is 2. The standard InChI is InChI=1S/C31H41ClN6O5/c1-38(17-5-7-21-9-13-24(41-2)14-10-21,18-6-8-22-11-15-25(42-3)16-12-22)20-23(19-26(39)43-4)35-31(40)27-29(33)37-30(34)28(32)36-27/h9-16,23H,5-8,17-20H2,1-4H3,(H4-,33,34,35,37,40)/p+1/t23-/m1/s1. The van der Waals surface area contributed by atoms with Gasteiger partial charge in [0, 0.05) is 12.8 Å². The second-order valence-electron chi connectivity index (χ2n) is 10.7. The Labute approximate surface area is 258 Å². The molecule has 5 N–H and O–H groups in total. The van der Waals surface area contributed by atoms with Crippen LogP contribution in [0.1, 0.15) is 40.9 Å². The highest BCUT2D eigenvalue weighted by atomic mass is 35.5. The van der Waals surface area contributed by atoms with Gasteiger partial charge in [0.1, 0.15) is 11.5 Å². The third-order valence-electron chi connectivity index (χ3n) is 7.40. The minimum Gasteiger partial charge on any atom is -0.497 e. The molecule has 0 unspecified atom stereocenters. The first-order valence-corrected chi connectivity index (χ1v) is 14.5. The maximum absolute atomic E-state index is 13.2. The average Bonchev–Trinajstić information content (AvgIpc) is 2.99. The second kappa shape index (κ2) is 15.9. The van der Waals surface area contributed by atoms with Crippen LogP contribution < -0.4 is 26.3 Å². The molecule has 0 aliphatic heterocycles. The zero-order chi connectivity index (χ0) is 31.4. The van der Waals surface area contributed by atoms with Crippen LogP contribution >= 0.6 is 11.6 Å². The van der Waals surface area contributed by atoms with E-state index in [1.165, 1.54) is 18.2 Å². The van der Waals surface area contributed by atoms with Gasteiger partial charge in [0.2, 0.25) is 0 Å². The van der Waals surface area contributed by atoms with Gasteiger partial charge >= 0.3 is 5.97 Å². The van der Waals surface area contributed by atoms with E-state index in [0.717, 1.165) is 50.3 Å². The molecular formula is C31H42ClN6O5+. The number of likely N-dealkylation sites (N-methyl/N-ethyl adjacent to an activating group) is 1. The first-order chi connectivity index (χ1) is 20.6. The number of hydrogen-bond acceptors (Lipinski definition) is 9. The Morgan fingerprint density at radius 3 is 1.84 bits per heavy atom. The van der Waals surface area contributed by atoms with Crippen molar-refractivity contribution in [2.45, 2.75) is 38.1 Å². The zero-order valence-corrected chi connectivity index (χ0v) is 26.0. The predicted molar refractivity (Wildman–Crippen MR) is 167 cm³/mol. The number of carbonyl (C=O) groups is 2. The number of hydrogen-bond donors (Lipinski definition) is 3. The Balaban J connectivity index is 1.77. The van der Waals surface area contributed by atoms with Crippen LogP contribution in [0.4, 0.5) is 11.6 Å². The molecule has 0 spiro atoms. The number of ether oxygens (including phenoxy) is 3. The molecule has 0 saturated heterocycles. The number of amides is 1. The molecule has 3 rings (SSSR count). The highest BCUT2D eigenvalue weighted by Crippen LogP contribution is 2.20. The van der Waals surface area contributed by atoms with Crippen molar-refractivity contribution in [3.05, 3.63) is 70.5 Å². The van der Waals surface area contributed by atoms with Gasteiger partial charge in [-0.15, -0.1) is 0 Å². The summed E-state index contributed by atoms with van der Waals surface area (Å²) in [6, 6.07) is 15.5. The molecule has 0 aliphatic carbocycles. The summed E-state index contributed by atoms with van der Waals surface area (Å²) in [6.07, 6.45) is 3.52. The van der Waals surface area contributed by atoms with E-state index < -0.39 is 17.9 Å². The largest absolute Gasteiger partial charge is 0.497 e. The van der Waals surface area contributed by atoms with E-state index in [2.05, 4.69) is 46.6 Å². The Kier molecular flexibility index (Phi) is 12.4. The molecule has 0 bridgehead atoms. The lowest BCUT2D eigenvalue weighted by Gasteiger charge is -2.38. The normalized spacial score (nSPS) is 11.9. The number of halogens is 1. The molecule has 0 saturated carbocycles. The third kappa shape index (κ3) is 10.3. The third-order valence-corrected chi connectivity index (χ3v) is 7.68. The maximum Gasteiger partial charge on any atom is 0.307 e. The van der Waals surface area contributed by atoms with Crippen LogP contribution in [0.3, 0.4) is 0 Å². The first-order valence-electron chi connectivity index (χ1n) is 14.1. The van der Waals surface area contributed by atoms with Crippen molar-refractivity contribution >= 4 is 35.1 Å². The van der Waals surface area contributed by atoms with Gasteiger partial charge in [-0.1, -0.05) is 35.9 Å². The summed E-state index contributed by atoms with van der Waals surface area (Å²) in [5.74, 6) is 0.382. The van der Waals surface area contributed by atoms with E-state index in [-0.39, 0.29) is 28.9 Å². The Bertz CT molecular complexity index is 1300. The summed E-state index contributed by atoms with van der Waals surface area (Å²) in [7, 11) is 6.77. The highest BCUT2D eigenvalue weighted by molar-refractivity contribution is 6.31. The van der Waals surface area contributed by atoms with Gasteiger partial charge < -0.3 is 35.5 Å². The fourth-order valence-corrected chi connectivity index (χ4v) is 5.18. The lowest BCUT2D eigenvalue weighted by Crippen LogP contribution is -2.55. The van der Waals surface area contributed by atoms with Gasteiger partial charge in [0.25, 0.3) is 5.91 Å². The zero-order valence-electron chi connectivity index (χ0n) is 25.3. The van der Waals surface area contributed by atoms with Crippen LogP contribution in [0.25, 0.3) is 0 Å². The molecule has 1 heterocycles. The number of rotatable bonds is 16. The second-order valence-corrected chi connectivity index (χ2v) is 11.1. The molecule has 1 atom stereocenters. The van der Waals surface area contributed by atoms with E-state index >= 15 is 0 Å². The summed E-state index contributed by atoms with van der Waals surface area (Å²) in [5, 5.41) is 2.79. The number of anilines is 2. The molecule has 3 aromatic rings. The van der Waals surface area contributed by atoms with Crippen LogP contribution in [0.2, 0.25) is 5.15 Å². The predicted octanol–water partition coefficient (Wildman–Crippen LogP) is 3.69. The molecule has 1 aromatic heterocycles. The SMILES string of the molecule is COC(=O)C[C@H](C[N+](C)(CCCc1ccc(OC)cc1)CCCc1ccc(OC)cc1)NC(=O)c1nc(Cl)c(N)nc1N. The van der Waals surface area contributed by atoms with Crippen molar-refractivity contribution in [3.63, 3.8) is 0 Å². The Morgan fingerprint density at radius 2 is 1.37 bits per heavy atom. The molecule has 0 aliphatic rings. The van der Waals surface area contributed by atoms with Crippen molar-refractivity contribution in [2.24, 2.45) is 0 Å². The van der Waals surface area contributed by atoms with Gasteiger partial charge in [-0.05, 0) is 48.2 Å². The molecule has 2 aromatic carbocycles. The molecule has 43 heavy (non-hydrogen) atoms. The first kappa shape index (κ1) is 33.4. The lowest BCUT2D eigenvalue weighted by molar-refractivity contribution is -0.911. The summed E-state index contributed by atoms with van der Waals surface area (Å²) in [6.45, 7) is 2.11. The van der Waals surface area contributed by atoms with Crippen molar-refractivity contribution in [3.8, 4) is 11.5 Å². The molecule has 232 valence electrons. The molecule has 0 fully saturated rings. The van der Waals surface area contributed by atoms with Gasteiger partial charge in [-0.25, -0.2) is 9.97 Å². The van der Waals surface area contributed by atoms with Crippen LogP contribution in [-0.4, -0.2) is 80.4 Å². The number of benzene rings is 2. The van der Waals surface area contributed by atoms with Gasteiger partial charge in [-0.2, -0.15) is 0 Å². The molecule has 12 heteroatoms. The fourth-order valence-electron chi connectivity index (χ4n) is 5.05. The number of nitrogens with one attached hydrogen (secondary N) is 1. The van der Waals surface area contributed by atoms with Crippen LogP contribution in [0.15, 0.2) is 48.5 Å². The van der Waals surface area contributed by atoms with Gasteiger partial charge in [0.05, 0.1) is 60.5 Å². The summed E-state index contributed by atoms with van der Waals surface area (Å²) in [5.41, 5.74) is 13.9. The Morgan fingerprint density at radius 1 is 0.860 bits per heavy atom. The number of methoxy groups -OCH3 is 3. The lowest BCUT2D eigenvalue weighted by atomic mass is 10.1. The summed E-state index contributed by atoms with van der Waals surface area (Å²) < 4.78 is 16.1. The monoisotopic (exact) mass is 613 g/mol. The van der Waals surface area contributed by atoms with Crippen molar-refractivity contribution < 1.29 is 28.3 Å². The van der Waals surface area contributed by atoms with Crippen molar-refractivity contribution in [2.75, 3.05) is 59.5 Å². The van der Waals surface area contributed by atoms with Crippen LogP contribution in [-0.2, 0) is 22.4 Å². The molecule has 11 nitrogen and oxygen atoms in total. The molecule has 1 amide bonds. The van der Waals surface area contributed by atoms with E-state index in [4.69, 9.17) is 37.3 Å². The average molecular weight is 614 g/mol. The molecule has 0 radical (unpaired) electrons. The van der Waals surface area contributed by atoms with Crippen LogP contribution in [0, 0.1) is 0 Å². The van der Waals surface area contributed by atoms with E-state index in [1.54, 1.807) is 14.2 Å². The quantitative estimate of drug-likeness (QED) is 0.162. The van der Waals surface area contributed by atoms with E-state index in [9.17, 15) is 9.59 Å². The summed E-state index contributed by atoms with van der Waals surface area (Å²) >= 11 is 6.00. The number of carbonyl (C=O) groups excluding carboxylic acids is 2. The topological polar surface area (TPSA) is 152 Å². The summed E-state index contributed by atoms with van der Waals surface area (Å²) in [4.78, 5) is 33.5. The molecular weight excluding hydrogens is 572 g/mol. The minimum atomic E-state index is -0.594. The number of aromatic nitrogens is 2. The highest BCUT2D eigenvalue weighted by Gasteiger charge is 2.30. The van der Waals surface area contributed by atoms with Crippen molar-refractivity contribution in [1.82, 2.24) is 15.3 Å².